The summed E-state index contributed by atoms with van der Waals surface area (Å²) in [4.78, 5) is 0. The molecule has 1 atom stereocenters. The Morgan fingerprint density at radius 1 is 0.952 bits per heavy atom. The number of hydrogen-bond donors (Lipinski definition) is 1. The molecule has 1 saturated heterocycles. The Labute approximate surface area is 130 Å². The third-order valence-corrected chi connectivity index (χ3v) is 4.81. The van der Waals surface area contributed by atoms with Gasteiger partial charge in [0.1, 0.15) is 0 Å². The highest BCUT2D eigenvalue weighted by atomic mass is 35.5. The Balaban J connectivity index is 2.01. The second kappa shape index (κ2) is 6.18. The first-order chi connectivity index (χ1) is 10.2. The van der Waals surface area contributed by atoms with E-state index in [9.17, 15) is 0 Å². The van der Waals surface area contributed by atoms with Crippen molar-refractivity contribution in [3.05, 3.63) is 70.7 Å². The largest absolute Gasteiger partial charge is 0.381 e. The Hall–Kier alpha value is -1.35. The molecule has 1 aliphatic heterocycles. The lowest BCUT2D eigenvalue weighted by Crippen LogP contribution is -2.43. The summed E-state index contributed by atoms with van der Waals surface area (Å²) in [6, 6.07) is 18.4. The van der Waals surface area contributed by atoms with Gasteiger partial charge in [0.25, 0.3) is 0 Å². The second-order valence-corrected chi connectivity index (χ2v) is 6.10. The van der Waals surface area contributed by atoms with Gasteiger partial charge in [0.2, 0.25) is 0 Å². The highest BCUT2D eigenvalue weighted by molar-refractivity contribution is 6.30. The summed E-state index contributed by atoms with van der Waals surface area (Å²) in [5.41, 5.74) is 9.06. The fourth-order valence-electron chi connectivity index (χ4n) is 3.27. The van der Waals surface area contributed by atoms with Gasteiger partial charge in [-0.25, -0.2) is 0 Å². The molecule has 0 radical (unpaired) electrons. The van der Waals surface area contributed by atoms with Crippen LogP contribution in [0.2, 0.25) is 5.02 Å². The first kappa shape index (κ1) is 14.6. The van der Waals surface area contributed by atoms with Gasteiger partial charge >= 0.3 is 0 Å². The quantitative estimate of drug-likeness (QED) is 0.927. The molecule has 3 rings (SSSR count). The van der Waals surface area contributed by atoms with E-state index in [0.717, 1.165) is 36.6 Å². The smallest absolute Gasteiger partial charge is 0.0475 e. The molecule has 0 aromatic heterocycles. The molecule has 110 valence electrons. The molecule has 0 saturated carbocycles. The van der Waals surface area contributed by atoms with Crippen LogP contribution in [0.25, 0.3) is 0 Å². The number of nitrogens with two attached hydrogens (primary N) is 1. The minimum absolute atomic E-state index is 0.0546. The van der Waals surface area contributed by atoms with Gasteiger partial charge in [0, 0.05) is 29.7 Å². The van der Waals surface area contributed by atoms with E-state index in [4.69, 9.17) is 22.1 Å². The highest BCUT2D eigenvalue weighted by Gasteiger charge is 2.40. The number of halogens is 1. The molecule has 21 heavy (non-hydrogen) atoms. The number of benzene rings is 2. The summed E-state index contributed by atoms with van der Waals surface area (Å²) in [7, 11) is 0. The monoisotopic (exact) mass is 301 g/mol. The van der Waals surface area contributed by atoms with Crippen molar-refractivity contribution < 1.29 is 4.74 Å². The molecular formula is C18H20ClNO. The summed E-state index contributed by atoms with van der Waals surface area (Å²) in [5.74, 6) is 0. The Bertz CT molecular complexity index is 576. The molecule has 1 aliphatic rings. The average Bonchev–Trinajstić information content (AvgIpc) is 2.56. The summed E-state index contributed by atoms with van der Waals surface area (Å²) in [6.45, 7) is 1.52. The minimum atomic E-state index is -0.0622. The lowest BCUT2D eigenvalue weighted by atomic mass is 9.67. The maximum atomic E-state index is 6.69. The molecule has 1 fully saturated rings. The molecule has 1 unspecified atom stereocenters. The van der Waals surface area contributed by atoms with Crippen molar-refractivity contribution in [2.75, 3.05) is 13.2 Å². The van der Waals surface area contributed by atoms with Crippen LogP contribution < -0.4 is 5.73 Å². The van der Waals surface area contributed by atoms with E-state index in [1.807, 2.05) is 30.3 Å². The van der Waals surface area contributed by atoms with E-state index >= 15 is 0 Å². The zero-order chi connectivity index (χ0) is 14.7. The third-order valence-electron chi connectivity index (χ3n) is 4.56. The van der Waals surface area contributed by atoms with Crippen LogP contribution in [0.4, 0.5) is 0 Å². The van der Waals surface area contributed by atoms with Crippen molar-refractivity contribution in [1.82, 2.24) is 0 Å². The third kappa shape index (κ3) is 2.84. The van der Waals surface area contributed by atoms with Crippen molar-refractivity contribution in [2.24, 2.45) is 5.73 Å². The van der Waals surface area contributed by atoms with E-state index in [1.54, 1.807) is 0 Å². The van der Waals surface area contributed by atoms with Gasteiger partial charge in [0.05, 0.1) is 0 Å². The molecule has 2 N–H and O–H groups in total. The zero-order valence-electron chi connectivity index (χ0n) is 12.0. The fraction of sp³-hybridized carbons (Fsp3) is 0.333. The minimum Gasteiger partial charge on any atom is -0.381 e. The van der Waals surface area contributed by atoms with Crippen LogP contribution in [0.1, 0.15) is 30.0 Å². The predicted octanol–water partition coefficient (Wildman–Crippen LogP) is 4.09. The number of hydrogen-bond acceptors (Lipinski definition) is 2. The molecule has 0 aliphatic carbocycles. The van der Waals surface area contributed by atoms with Gasteiger partial charge < -0.3 is 10.5 Å². The van der Waals surface area contributed by atoms with Crippen molar-refractivity contribution in [3.63, 3.8) is 0 Å². The standard InChI is InChI=1S/C18H20ClNO/c19-16-8-6-14(7-9-16)17(20)18(10-12-21-13-11-18)15-4-2-1-3-5-15/h1-9,17H,10-13,20H2. The Morgan fingerprint density at radius 2 is 1.57 bits per heavy atom. The van der Waals surface area contributed by atoms with Crippen LogP contribution in [-0.2, 0) is 10.2 Å². The molecule has 2 aromatic rings. The molecular weight excluding hydrogens is 282 g/mol. The van der Waals surface area contributed by atoms with Gasteiger partial charge in [-0.05, 0) is 36.1 Å². The lowest BCUT2D eigenvalue weighted by Gasteiger charge is -2.42. The van der Waals surface area contributed by atoms with Gasteiger partial charge in [-0.3, -0.25) is 0 Å². The lowest BCUT2D eigenvalue weighted by molar-refractivity contribution is 0.0398. The molecule has 1 heterocycles. The van der Waals surface area contributed by atoms with Gasteiger partial charge in [-0.1, -0.05) is 54.1 Å². The first-order valence-corrected chi connectivity index (χ1v) is 7.74. The first-order valence-electron chi connectivity index (χ1n) is 7.37. The topological polar surface area (TPSA) is 35.2 Å². The predicted molar refractivity (Wildman–Crippen MR) is 86.6 cm³/mol. The van der Waals surface area contributed by atoms with Crippen molar-refractivity contribution in [2.45, 2.75) is 24.3 Å². The van der Waals surface area contributed by atoms with Crippen molar-refractivity contribution in [1.29, 1.82) is 0 Å². The van der Waals surface area contributed by atoms with E-state index in [1.165, 1.54) is 5.56 Å². The summed E-state index contributed by atoms with van der Waals surface area (Å²) < 4.78 is 5.57. The Morgan fingerprint density at radius 3 is 2.19 bits per heavy atom. The maximum absolute atomic E-state index is 6.69. The fourth-order valence-corrected chi connectivity index (χ4v) is 3.40. The van der Waals surface area contributed by atoms with Crippen molar-refractivity contribution >= 4 is 11.6 Å². The maximum Gasteiger partial charge on any atom is 0.0475 e. The normalized spacial score (nSPS) is 19.1. The second-order valence-electron chi connectivity index (χ2n) is 5.66. The van der Waals surface area contributed by atoms with Crippen LogP contribution in [0.3, 0.4) is 0 Å². The van der Waals surface area contributed by atoms with Crippen LogP contribution in [0.15, 0.2) is 54.6 Å². The molecule has 2 aromatic carbocycles. The molecule has 0 amide bonds. The summed E-state index contributed by atoms with van der Waals surface area (Å²) in [5, 5.41) is 0.742. The van der Waals surface area contributed by atoms with Gasteiger partial charge in [-0.2, -0.15) is 0 Å². The van der Waals surface area contributed by atoms with Gasteiger partial charge in [0.15, 0.2) is 0 Å². The van der Waals surface area contributed by atoms with E-state index in [0.29, 0.717) is 0 Å². The zero-order valence-corrected chi connectivity index (χ0v) is 12.7. The molecule has 0 spiro atoms. The number of ether oxygens (including phenoxy) is 1. The van der Waals surface area contributed by atoms with Crippen molar-refractivity contribution in [3.8, 4) is 0 Å². The average molecular weight is 302 g/mol. The molecule has 2 nitrogen and oxygen atoms in total. The summed E-state index contributed by atoms with van der Waals surface area (Å²) in [6.07, 6.45) is 1.89. The molecule has 0 bridgehead atoms. The van der Waals surface area contributed by atoms with E-state index in [2.05, 4.69) is 24.3 Å². The highest BCUT2D eigenvalue weighted by Crippen LogP contribution is 2.43. The summed E-state index contributed by atoms with van der Waals surface area (Å²) >= 11 is 5.99. The SMILES string of the molecule is NC(c1ccc(Cl)cc1)C1(c2ccccc2)CCOCC1. The number of rotatable bonds is 3. The van der Waals surface area contributed by atoms with E-state index in [-0.39, 0.29) is 11.5 Å². The van der Waals surface area contributed by atoms with Crippen LogP contribution in [0.5, 0.6) is 0 Å². The van der Waals surface area contributed by atoms with Crippen LogP contribution in [-0.4, -0.2) is 13.2 Å². The van der Waals surface area contributed by atoms with E-state index < -0.39 is 0 Å². The van der Waals surface area contributed by atoms with Crippen LogP contribution in [0, 0.1) is 0 Å². The van der Waals surface area contributed by atoms with Crippen LogP contribution >= 0.6 is 11.6 Å². The molecule has 3 heteroatoms. The van der Waals surface area contributed by atoms with Gasteiger partial charge in [-0.15, -0.1) is 0 Å². The Kier molecular flexibility index (Phi) is 4.29.